The summed E-state index contributed by atoms with van der Waals surface area (Å²) in [4.78, 5) is 4.78. The summed E-state index contributed by atoms with van der Waals surface area (Å²) in [5.41, 5.74) is 16.7. The van der Waals surface area contributed by atoms with Gasteiger partial charge in [-0.05, 0) is 111 Å². The minimum atomic E-state index is -0.0899. The third kappa shape index (κ3) is 4.98. The van der Waals surface area contributed by atoms with Gasteiger partial charge in [-0.25, -0.2) is 0 Å². The van der Waals surface area contributed by atoms with Gasteiger partial charge in [-0.1, -0.05) is 135 Å². The van der Waals surface area contributed by atoms with Crippen molar-refractivity contribution in [3.63, 3.8) is 0 Å². The summed E-state index contributed by atoms with van der Waals surface area (Å²) in [7, 11) is 0. The molecular formula is C53H39N3. The summed E-state index contributed by atoms with van der Waals surface area (Å²) >= 11 is 0. The Labute approximate surface area is 327 Å². The molecule has 3 nitrogen and oxygen atoms in total. The lowest BCUT2D eigenvalue weighted by Gasteiger charge is -2.31. The van der Waals surface area contributed by atoms with E-state index in [1.165, 1.54) is 54.9 Å². The van der Waals surface area contributed by atoms with E-state index in [0.717, 1.165) is 45.5 Å². The van der Waals surface area contributed by atoms with Crippen molar-refractivity contribution < 1.29 is 0 Å². The third-order valence-electron chi connectivity index (χ3n) is 11.9. The second kappa shape index (κ2) is 12.5. The highest BCUT2D eigenvalue weighted by atomic mass is 15.2. The van der Waals surface area contributed by atoms with Gasteiger partial charge in [-0.3, -0.25) is 0 Å². The fourth-order valence-corrected chi connectivity index (χ4v) is 9.25. The second-order valence-electron chi connectivity index (χ2n) is 15.5. The van der Waals surface area contributed by atoms with Gasteiger partial charge in [0.15, 0.2) is 0 Å². The van der Waals surface area contributed by atoms with Gasteiger partial charge < -0.3 is 15.1 Å². The molecule has 0 unspecified atom stereocenters. The largest absolute Gasteiger partial charge is 0.354 e. The molecule has 9 aromatic carbocycles. The van der Waals surface area contributed by atoms with E-state index in [1.807, 2.05) is 0 Å². The van der Waals surface area contributed by atoms with Crippen molar-refractivity contribution in [3.8, 4) is 22.3 Å². The molecule has 0 spiro atoms. The van der Waals surface area contributed by atoms with Crippen LogP contribution in [0.4, 0.5) is 45.5 Å². The van der Waals surface area contributed by atoms with Crippen LogP contribution in [0.25, 0.3) is 43.8 Å². The van der Waals surface area contributed by atoms with Crippen LogP contribution < -0.4 is 15.1 Å². The number of para-hydroxylation sites is 2. The summed E-state index contributed by atoms with van der Waals surface area (Å²) in [6.07, 6.45) is 0. The first-order chi connectivity index (χ1) is 27.5. The van der Waals surface area contributed by atoms with Gasteiger partial charge in [0.1, 0.15) is 0 Å². The topological polar surface area (TPSA) is 18.5 Å². The Morgan fingerprint density at radius 1 is 0.375 bits per heavy atom. The molecular weight excluding hydrogens is 679 g/mol. The monoisotopic (exact) mass is 717 g/mol. The number of nitrogens with zero attached hydrogens (tertiary/aromatic N) is 2. The molecule has 11 rings (SSSR count). The summed E-state index contributed by atoms with van der Waals surface area (Å²) in [6.45, 7) is 4.70. The maximum absolute atomic E-state index is 3.89. The van der Waals surface area contributed by atoms with Crippen molar-refractivity contribution in [3.05, 3.63) is 205 Å². The van der Waals surface area contributed by atoms with E-state index in [4.69, 9.17) is 0 Å². The van der Waals surface area contributed by atoms with E-state index in [0.29, 0.717) is 0 Å². The van der Waals surface area contributed by atoms with Gasteiger partial charge in [0, 0.05) is 61.6 Å². The lowest BCUT2D eigenvalue weighted by molar-refractivity contribution is 0.660. The molecule has 0 saturated carbocycles. The highest BCUT2D eigenvalue weighted by Crippen LogP contribution is 2.53. The van der Waals surface area contributed by atoms with Crippen LogP contribution in [0.15, 0.2) is 194 Å². The Morgan fingerprint density at radius 3 is 1.79 bits per heavy atom. The lowest BCUT2D eigenvalue weighted by atomic mass is 9.82. The van der Waals surface area contributed by atoms with Crippen LogP contribution in [0, 0.1) is 0 Å². The fourth-order valence-electron chi connectivity index (χ4n) is 9.25. The van der Waals surface area contributed by atoms with Crippen LogP contribution >= 0.6 is 0 Å². The normalized spacial score (nSPS) is 13.1. The number of nitrogens with one attached hydrogen (secondary N) is 1. The van der Waals surface area contributed by atoms with E-state index >= 15 is 0 Å². The van der Waals surface area contributed by atoms with Crippen molar-refractivity contribution >= 4 is 67.0 Å². The van der Waals surface area contributed by atoms with Crippen LogP contribution in [-0.2, 0) is 5.41 Å². The summed E-state index contributed by atoms with van der Waals surface area (Å²) < 4.78 is 0. The van der Waals surface area contributed by atoms with Crippen molar-refractivity contribution in [2.24, 2.45) is 0 Å². The minimum Gasteiger partial charge on any atom is -0.354 e. The highest BCUT2D eigenvalue weighted by molar-refractivity contribution is 6.16. The van der Waals surface area contributed by atoms with E-state index in [9.17, 15) is 0 Å². The van der Waals surface area contributed by atoms with Crippen molar-refractivity contribution in [2.45, 2.75) is 19.3 Å². The quantitative estimate of drug-likeness (QED) is 0.185. The Bertz CT molecular complexity index is 2980. The number of rotatable bonds is 6. The minimum absolute atomic E-state index is 0.0899. The molecule has 0 amide bonds. The molecule has 0 saturated heterocycles. The number of benzene rings is 9. The van der Waals surface area contributed by atoms with Gasteiger partial charge in [0.25, 0.3) is 0 Å². The van der Waals surface area contributed by atoms with Crippen molar-refractivity contribution in [1.82, 2.24) is 0 Å². The SMILES string of the molecule is CC1(C)c2ccccc2-c2ccc(N(c3ccccc3)c3ccc4c(c3)Nc3cccc5c(N(c6ccccc6)c6ccc7ccccc7c6)ccc-4c35)cc21. The maximum Gasteiger partial charge on any atom is 0.0541 e. The molecule has 0 bridgehead atoms. The Hall–Kier alpha value is -7.10. The van der Waals surface area contributed by atoms with Crippen LogP contribution in [0.2, 0.25) is 0 Å². The van der Waals surface area contributed by atoms with E-state index in [-0.39, 0.29) is 5.41 Å². The van der Waals surface area contributed by atoms with Gasteiger partial charge in [-0.15, -0.1) is 0 Å². The molecule has 1 N–H and O–H groups in total. The molecule has 56 heavy (non-hydrogen) atoms. The average Bonchev–Trinajstić information content (AvgIpc) is 3.47. The van der Waals surface area contributed by atoms with Gasteiger partial charge in [0.05, 0.1) is 5.69 Å². The zero-order valence-corrected chi connectivity index (χ0v) is 31.4. The Kier molecular flexibility index (Phi) is 7.20. The molecule has 3 heteroatoms. The van der Waals surface area contributed by atoms with Gasteiger partial charge in [-0.2, -0.15) is 0 Å². The fraction of sp³-hybridized carbons (Fsp3) is 0.0566. The van der Waals surface area contributed by atoms with Crippen LogP contribution in [0.3, 0.4) is 0 Å². The summed E-state index contributed by atoms with van der Waals surface area (Å²) in [5, 5.41) is 8.78. The molecule has 9 aromatic rings. The maximum atomic E-state index is 3.89. The van der Waals surface area contributed by atoms with Crippen LogP contribution in [0.1, 0.15) is 25.0 Å². The smallest absolute Gasteiger partial charge is 0.0541 e. The predicted octanol–water partition coefficient (Wildman–Crippen LogP) is 15.0. The molecule has 1 aliphatic carbocycles. The van der Waals surface area contributed by atoms with E-state index < -0.39 is 0 Å². The zero-order valence-electron chi connectivity index (χ0n) is 31.4. The predicted molar refractivity (Wildman–Crippen MR) is 237 cm³/mol. The van der Waals surface area contributed by atoms with Crippen molar-refractivity contribution in [1.29, 1.82) is 0 Å². The molecule has 1 heterocycles. The Balaban J connectivity index is 1.04. The average molecular weight is 718 g/mol. The zero-order chi connectivity index (χ0) is 37.4. The first-order valence-electron chi connectivity index (χ1n) is 19.4. The molecule has 2 aliphatic rings. The van der Waals surface area contributed by atoms with E-state index in [1.54, 1.807) is 0 Å². The first kappa shape index (κ1) is 32.3. The molecule has 1 aliphatic heterocycles. The molecule has 0 aromatic heterocycles. The van der Waals surface area contributed by atoms with E-state index in [2.05, 4.69) is 223 Å². The van der Waals surface area contributed by atoms with Crippen molar-refractivity contribution in [2.75, 3.05) is 15.1 Å². The number of anilines is 8. The first-order valence-corrected chi connectivity index (χ1v) is 19.4. The molecule has 0 atom stereocenters. The number of hydrogen-bond donors (Lipinski definition) is 1. The number of hydrogen-bond acceptors (Lipinski definition) is 3. The molecule has 266 valence electrons. The third-order valence-corrected chi connectivity index (χ3v) is 11.9. The standard InChI is InChI=1S/C53H39N3/c1-53(2)47-22-12-11-20-42(47)43-28-26-40(33-48(43)53)55(37-16-5-3-6-17-37)41-27-29-44-45-30-31-51(46-21-13-23-49(52(45)46)54-50(44)34-41)56(38-18-7-4-8-19-38)39-25-24-35-14-9-10-15-36(35)32-39/h3-34,54H,1-2H3. The lowest BCUT2D eigenvalue weighted by Crippen LogP contribution is -2.16. The highest BCUT2D eigenvalue weighted by Gasteiger charge is 2.36. The van der Waals surface area contributed by atoms with Crippen LogP contribution in [-0.4, -0.2) is 0 Å². The second-order valence-corrected chi connectivity index (χ2v) is 15.5. The summed E-state index contributed by atoms with van der Waals surface area (Å²) in [6, 6.07) is 70.8. The van der Waals surface area contributed by atoms with Crippen LogP contribution in [0.5, 0.6) is 0 Å². The Morgan fingerprint density at radius 2 is 0.982 bits per heavy atom. The van der Waals surface area contributed by atoms with Gasteiger partial charge >= 0.3 is 0 Å². The molecule has 0 radical (unpaired) electrons. The van der Waals surface area contributed by atoms with Gasteiger partial charge in [0.2, 0.25) is 0 Å². The number of fused-ring (bicyclic) bond motifs is 6. The summed E-state index contributed by atoms with van der Waals surface area (Å²) in [5.74, 6) is 0. The molecule has 0 fully saturated rings.